The average molecular weight is 391 g/mol. The highest BCUT2D eigenvalue weighted by atomic mass is 79.9. The largest absolute Gasteiger partial charge is 0.494 e. The van der Waals surface area contributed by atoms with Crippen molar-refractivity contribution in [3.8, 4) is 5.75 Å². The molecule has 0 radical (unpaired) electrons. The van der Waals surface area contributed by atoms with Crippen LogP contribution in [0.25, 0.3) is 0 Å². The van der Waals surface area contributed by atoms with E-state index in [-0.39, 0.29) is 18.2 Å². The lowest BCUT2D eigenvalue weighted by Crippen LogP contribution is -2.21. The molecule has 0 fully saturated rings. The Kier molecular flexibility index (Phi) is 6.37. The molecule has 2 N–H and O–H groups in total. The van der Waals surface area contributed by atoms with Gasteiger partial charge in [-0.1, -0.05) is 15.9 Å². The molecule has 5 nitrogen and oxygen atoms in total. The van der Waals surface area contributed by atoms with Gasteiger partial charge in [-0.2, -0.15) is 0 Å². The van der Waals surface area contributed by atoms with Crippen LogP contribution in [0.4, 0.5) is 11.4 Å². The topological polar surface area (TPSA) is 67.4 Å². The molecular weight excluding hydrogens is 372 g/mol. The molecule has 2 aromatic rings. The van der Waals surface area contributed by atoms with Gasteiger partial charge in [0.15, 0.2) is 0 Å². The lowest BCUT2D eigenvalue weighted by atomic mass is 10.2. The first kappa shape index (κ1) is 18.0. The minimum absolute atomic E-state index is 0.247. The Morgan fingerprint density at radius 1 is 1.04 bits per heavy atom. The second kappa shape index (κ2) is 8.49. The Balaban J connectivity index is 1.88. The molecule has 0 aliphatic rings. The number of hydrogen-bond acceptors (Lipinski definition) is 3. The van der Waals surface area contributed by atoms with Gasteiger partial charge in [-0.3, -0.25) is 9.59 Å². The number of carbonyl (C=O) groups excluding carboxylic acids is 2. The second-order valence-electron chi connectivity index (χ2n) is 5.19. The maximum Gasteiger partial charge on any atom is 0.233 e. The number of aryl methyl sites for hydroxylation is 1. The highest BCUT2D eigenvalue weighted by molar-refractivity contribution is 9.10. The maximum atomic E-state index is 12.0. The van der Waals surface area contributed by atoms with Crippen LogP contribution in [0.2, 0.25) is 0 Å². The number of anilines is 2. The van der Waals surface area contributed by atoms with Gasteiger partial charge in [-0.15, -0.1) is 0 Å². The molecule has 0 heterocycles. The normalized spacial score (nSPS) is 10.1. The third-order valence-corrected chi connectivity index (χ3v) is 3.73. The van der Waals surface area contributed by atoms with Gasteiger partial charge in [0.1, 0.15) is 12.2 Å². The molecule has 6 heteroatoms. The van der Waals surface area contributed by atoms with E-state index in [4.69, 9.17) is 4.74 Å². The maximum absolute atomic E-state index is 12.0. The summed E-state index contributed by atoms with van der Waals surface area (Å²) in [5, 5.41) is 5.43. The zero-order valence-electron chi connectivity index (χ0n) is 13.6. The molecule has 126 valence electrons. The smallest absolute Gasteiger partial charge is 0.233 e. The number of benzene rings is 2. The number of amides is 2. The Hall–Kier alpha value is -2.34. The van der Waals surface area contributed by atoms with E-state index < -0.39 is 0 Å². The van der Waals surface area contributed by atoms with Crippen LogP contribution in [-0.2, 0) is 9.59 Å². The summed E-state index contributed by atoms with van der Waals surface area (Å²) in [5.41, 5.74) is 2.23. The molecule has 0 saturated carbocycles. The molecule has 0 unspecified atom stereocenters. The molecule has 0 bridgehead atoms. The Morgan fingerprint density at radius 2 is 1.71 bits per heavy atom. The zero-order chi connectivity index (χ0) is 17.5. The number of hydrogen-bond donors (Lipinski definition) is 2. The number of nitrogens with one attached hydrogen (secondary N) is 2. The molecule has 2 amide bonds. The summed E-state index contributed by atoms with van der Waals surface area (Å²) in [6.45, 7) is 4.38. The van der Waals surface area contributed by atoms with Gasteiger partial charge in [0.2, 0.25) is 11.8 Å². The lowest BCUT2D eigenvalue weighted by Gasteiger charge is -2.09. The summed E-state index contributed by atoms with van der Waals surface area (Å²) in [6.07, 6.45) is -0.247. The quantitative estimate of drug-likeness (QED) is 0.728. The molecule has 0 spiro atoms. The van der Waals surface area contributed by atoms with Crippen molar-refractivity contribution in [1.82, 2.24) is 0 Å². The summed E-state index contributed by atoms with van der Waals surface area (Å²) < 4.78 is 6.27. The molecule has 0 aromatic heterocycles. The minimum atomic E-state index is -0.369. The van der Waals surface area contributed by atoms with Crippen molar-refractivity contribution >= 4 is 39.1 Å². The van der Waals surface area contributed by atoms with Crippen LogP contribution in [0, 0.1) is 6.92 Å². The average Bonchev–Trinajstić information content (AvgIpc) is 2.52. The molecular formula is C18H19BrN2O3. The highest BCUT2D eigenvalue weighted by Gasteiger charge is 2.11. The van der Waals surface area contributed by atoms with Crippen molar-refractivity contribution < 1.29 is 14.3 Å². The van der Waals surface area contributed by atoms with Crippen LogP contribution in [0.5, 0.6) is 5.75 Å². The fraction of sp³-hybridized carbons (Fsp3) is 0.222. The fourth-order valence-corrected chi connectivity index (χ4v) is 2.59. The van der Waals surface area contributed by atoms with Gasteiger partial charge in [-0.25, -0.2) is 0 Å². The van der Waals surface area contributed by atoms with Crippen molar-refractivity contribution in [3.05, 3.63) is 52.5 Å². The van der Waals surface area contributed by atoms with E-state index in [0.29, 0.717) is 18.0 Å². The Bertz CT molecular complexity index is 730. The number of rotatable bonds is 6. The SMILES string of the molecule is CCOc1ccc(NC(=O)CC(=O)Nc2ccc(Br)cc2C)cc1. The van der Waals surface area contributed by atoms with Crippen LogP contribution in [0.1, 0.15) is 18.9 Å². The molecule has 24 heavy (non-hydrogen) atoms. The van der Waals surface area contributed by atoms with E-state index in [1.54, 1.807) is 30.3 Å². The third kappa shape index (κ3) is 5.38. The van der Waals surface area contributed by atoms with Crippen LogP contribution >= 0.6 is 15.9 Å². The minimum Gasteiger partial charge on any atom is -0.494 e. The van der Waals surface area contributed by atoms with Crippen molar-refractivity contribution in [2.24, 2.45) is 0 Å². The monoisotopic (exact) mass is 390 g/mol. The van der Waals surface area contributed by atoms with Gasteiger partial charge in [-0.05, 0) is 61.9 Å². The van der Waals surface area contributed by atoms with Crippen LogP contribution in [-0.4, -0.2) is 18.4 Å². The van der Waals surface area contributed by atoms with Crippen LogP contribution < -0.4 is 15.4 Å². The summed E-state index contributed by atoms with van der Waals surface area (Å²) in [7, 11) is 0. The van der Waals surface area contributed by atoms with Crippen molar-refractivity contribution in [1.29, 1.82) is 0 Å². The highest BCUT2D eigenvalue weighted by Crippen LogP contribution is 2.20. The van der Waals surface area contributed by atoms with Gasteiger partial charge < -0.3 is 15.4 Å². The van der Waals surface area contributed by atoms with E-state index >= 15 is 0 Å². The molecule has 0 saturated heterocycles. The predicted octanol–water partition coefficient (Wildman–Crippen LogP) is 4.12. The number of carbonyl (C=O) groups is 2. The summed E-state index contributed by atoms with van der Waals surface area (Å²) in [5.74, 6) is 0.00855. The van der Waals surface area contributed by atoms with Gasteiger partial charge in [0, 0.05) is 15.8 Å². The summed E-state index contributed by atoms with van der Waals surface area (Å²) in [6, 6.07) is 12.5. The Morgan fingerprint density at radius 3 is 2.33 bits per heavy atom. The predicted molar refractivity (Wildman–Crippen MR) is 98.4 cm³/mol. The summed E-state index contributed by atoms with van der Waals surface area (Å²) >= 11 is 3.37. The molecule has 0 aliphatic heterocycles. The van der Waals surface area contributed by atoms with Crippen LogP contribution in [0.15, 0.2) is 46.9 Å². The number of ether oxygens (including phenoxy) is 1. The number of halogens is 1. The second-order valence-corrected chi connectivity index (χ2v) is 6.11. The molecule has 0 atom stereocenters. The van der Waals surface area contributed by atoms with E-state index in [0.717, 1.165) is 15.8 Å². The third-order valence-electron chi connectivity index (χ3n) is 3.23. The molecule has 2 aromatic carbocycles. The molecule has 0 aliphatic carbocycles. The first-order chi connectivity index (χ1) is 11.5. The molecule has 2 rings (SSSR count). The zero-order valence-corrected chi connectivity index (χ0v) is 15.1. The lowest BCUT2D eigenvalue weighted by molar-refractivity contribution is -0.123. The first-order valence-corrected chi connectivity index (χ1v) is 8.36. The standard InChI is InChI=1S/C18H19BrN2O3/c1-3-24-15-7-5-14(6-8-15)20-17(22)11-18(23)21-16-9-4-13(19)10-12(16)2/h4-10H,3,11H2,1-2H3,(H,20,22)(H,21,23). The van der Waals surface area contributed by atoms with E-state index in [9.17, 15) is 9.59 Å². The Labute approximate surface area is 149 Å². The van der Waals surface area contributed by atoms with Crippen molar-refractivity contribution in [3.63, 3.8) is 0 Å². The summed E-state index contributed by atoms with van der Waals surface area (Å²) in [4.78, 5) is 23.9. The van der Waals surface area contributed by atoms with Gasteiger partial charge in [0.25, 0.3) is 0 Å². The van der Waals surface area contributed by atoms with E-state index in [1.807, 2.05) is 26.0 Å². The van der Waals surface area contributed by atoms with Gasteiger partial charge >= 0.3 is 0 Å². The van der Waals surface area contributed by atoms with Gasteiger partial charge in [0.05, 0.1) is 6.61 Å². The van der Waals surface area contributed by atoms with Crippen molar-refractivity contribution in [2.75, 3.05) is 17.2 Å². The first-order valence-electron chi connectivity index (χ1n) is 7.56. The van der Waals surface area contributed by atoms with Crippen molar-refractivity contribution in [2.45, 2.75) is 20.3 Å². The van der Waals surface area contributed by atoms with E-state index in [2.05, 4.69) is 26.6 Å². The van der Waals surface area contributed by atoms with Crippen LogP contribution in [0.3, 0.4) is 0 Å². The fourth-order valence-electron chi connectivity index (χ4n) is 2.11. The van der Waals surface area contributed by atoms with E-state index in [1.165, 1.54) is 0 Å².